The molecule has 1 aliphatic carbocycles. The maximum atomic E-state index is 11.5. The number of carbonyl (C=O) groups is 2. The predicted molar refractivity (Wildman–Crippen MR) is 69.9 cm³/mol. The molecule has 1 rings (SSSR count). The summed E-state index contributed by atoms with van der Waals surface area (Å²) in [5, 5.41) is 22.5. The average Bonchev–Trinajstić information content (AvgIpc) is 3.18. The molecule has 0 aromatic carbocycles. The Hall–Kier alpha value is -1.34. The molecule has 110 valence electrons. The van der Waals surface area contributed by atoms with Gasteiger partial charge < -0.3 is 20.8 Å². The Morgan fingerprint density at radius 1 is 1.42 bits per heavy atom. The van der Waals surface area contributed by atoms with Gasteiger partial charge in [0.2, 0.25) is 0 Å². The van der Waals surface area contributed by atoms with E-state index in [-0.39, 0.29) is 13.0 Å². The van der Waals surface area contributed by atoms with E-state index in [2.05, 4.69) is 22.5 Å². The SMILES string of the molecule is CCN(CCNC(=O)NC(CCO)C(=O)O)C1CC1. The quantitative estimate of drug-likeness (QED) is 0.458. The van der Waals surface area contributed by atoms with E-state index in [0.717, 1.165) is 13.1 Å². The van der Waals surface area contributed by atoms with Crippen LogP contribution in [0.1, 0.15) is 26.2 Å². The van der Waals surface area contributed by atoms with Crippen molar-refractivity contribution < 1.29 is 19.8 Å². The van der Waals surface area contributed by atoms with Crippen molar-refractivity contribution in [3.8, 4) is 0 Å². The summed E-state index contributed by atoms with van der Waals surface area (Å²) in [4.78, 5) is 24.6. The maximum Gasteiger partial charge on any atom is 0.326 e. The number of likely N-dealkylation sites (N-methyl/N-ethyl adjacent to an activating group) is 1. The van der Waals surface area contributed by atoms with Gasteiger partial charge in [-0.05, 0) is 19.4 Å². The molecule has 0 spiro atoms. The Kier molecular flexibility index (Phi) is 6.58. The van der Waals surface area contributed by atoms with Gasteiger partial charge in [0.25, 0.3) is 0 Å². The highest BCUT2D eigenvalue weighted by Gasteiger charge is 2.27. The van der Waals surface area contributed by atoms with Gasteiger partial charge in [0.15, 0.2) is 0 Å². The summed E-state index contributed by atoms with van der Waals surface area (Å²) in [5.41, 5.74) is 0. The van der Waals surface area contributed by atoms with Crippen LogP contribution in [0.3, 0.4) is 0 Å². The highest BCUT2D eigenvalue weighted by molar-refractivity contribution is 5.82. The molecule has 0 heterocycles. The molecule has 1 fully saturated rings. The first-order valence-corrected chi connectivity index (χ1v) is 6.70. The number of carboxylic acids is 1. The number of carboxylic acid groups (broad SMARTS) is 1. The number of nitrogens with one attached hydrogen (secondary N) is 2. The summed E-state index contributed by atoms with van der Waals surface area (Å²) in [6.45, 7) is 4.02. The van der Waals surface area contributed by atoms with E-state index in [1.807, 2.05) is 0 Å². The number of rotatable bonds is 9. The van der Waals surface area contributed by atoms with Crippen LogP contribution in [0, 0.1) is 0 Å². The van der Waals surface area contributed by atoms with Crippen molar-refractivity contribution >= 4 is 12.0 Å². The first kappa shape index (κ1) is 15.7. The highest BCUT2D eigenvalue weighted by Crippen LogP contribution is 2.25. The first-order chi connectivity index (χ1) is 9.08. The lowest BCUT2D eigenvalue weighted by atomic mass is 10.2. The van der Waals surface area contributed by atoms with E-state index < -0.39 is 18.0 Å². The molecule has 0 bridgehead atoms. The summed E-state index contributed by atoms with van der Waals surface area (Å²) in [6, 6.07) is -0.903. The van der Waals surface area contributed by atoms with Crippen molar-refractivity contribution in [2.45, 2.75) is 38.3 Å². The lowest BCUT2D eigenvalue weighted by Gasteiger charge is -2.20. The van der Waals surface area contributed by atoms with Crippen molar-refractivity contribution in [2.24, 2.45) is 0 Å². The van der Waals surface area contributed by atoms with Crippen molar-refractivity contribution in [1.82, 2.24) is 15.5 Å². The number of aliphatic hydroxyl groups excluding tert-OH is 1. The largest absolute Gasteiger partial charge is 0.480 e. The lowest BCUT2D eigenvalue weighted by Crippen LogP contribution is -2.48. The molecule has 0 aromatic rings. The Labute approximate surface area is 113 Å². The molecular weight excluding hydrogens is 250 g/mol. The van der Waals surface area contributed by atoms with Gasteiger partial charge in [-0.2, -0.15) is 0 Å². The van der Waals surface area contributed by atoms with Crippen LogP contribution in [0.5, 0.6) is 0 Å². The summed E-state index contributed by atoms with van der Waals surface area (Å²) in [5.74, 6) is -1.14. The standard InChI is InChI=1S/C12H23N3O4/c1-2-15(9-3-4-9)7-6-13-12(19)14-10(5-8-16)11(17)18/h9-10,16H,2-8H2,1H3,(H,17,18)(H2,13,14,19). The molecule has 1 unspecified atom stereocenters. The van der Waals surface area contributed by atoms with Crippen molar-refractivity contribution in [3.05, 3.63) is 0 Å². The van der Waals surface area contributed by atoms with Crippen LogP contribution < -0.4 is 10.6 Å². The van der Waals surface area contributed by atoms with Gasteiger partial charge in [-0.25, -0.2) is 9.59 Å². The maximum absolute atomic E-state index is 11.5. The van der Waals surface area contributed by atoms with Crippen LogP contribution in [0.15, 0.2) is 0 Å². The molecule has 1 atom stereocenters. The minimum Gasteiger partial charge on any atom is -0.480 e. The molecule has 4 N–H and O–H groups in total. The molecule has 7 heteroatoms. The zero-order valence-corrected chi connectivity index (χ0v) is 11.3. The zero-order valence-electron chi connectivity index (χ0n) is 11.3. The molecule has 1 saturated carbocycles. The molecule has 0 radical (unpaired) electrons. The second kappa shape index (κ2) is 7.96. The third kappa shape index (κ3) is 5.89. The molecule has 0 aromatic heterocycles. The lowest BCUT2D eigenvalue weighted by molar-refractivity contribution is -0.139. The van der Waals surface area contributed by atoms with Gasteiger partial charge in [0, 0.05) is 32.2 Å². The smallest absolute Gasteiger partial charge is 0.326 e. The van der Waals surface area contributed by atoms with Gasteiger partial charge in [0.05, 0.1) is 0 Å². The number of carbonyl (C=O) groups excluding carboxylic acids is 1. The van der Waals surface area contributed by atoms with Gasteiger partial charge in [-0.1, -0.05) is 6.92 Å². The van der Waals surface area contributed by atoms with Crippen LogP contribution in [0.25, 0.3) is 0 Å². The topological polar surface area (TPSA) is 102 Å². The molecule has 7 nitrogen and oxygen atoms in total. The second-order valence-electron chi connectivity index (χ2n) is 4.66. The van der Waals surface area contributed by atoms with Gasteiger partial charge in [-0.3, -0.25) is 4.90 Å². The second-order valence-corrected chi connectivity index (χ2v) is 4.66. The van der Waals surface area contributed by atoms with E-state index in [1.54, 1.807) is 0 Å². The minimum absolute atomic E-state index is 0.00587. The summed E-state index contributed by atoms with van der Waals surface area (Å²) in [6.07, 6.45) is 2.45. The average molecular weight is 273 g/mol. The molecule has 19 heavy (non-hydrogen) atoms. The van der Waals surface area contributed by atoms with E-state index in [1.165, 1.54) is 12.8 Å². The Bertz CT molecular complexity index is 307. The summed E-state index contributed by atoms with van der Waals surface area (Å²) >= 11 is 0. The number of amides is 2. The first-order valence-electron chi connectivity index (χ1n) is 6.70. The fourth-order valence-electron chi connectivity index (χ4n) is 1.95. The van der Waals surface area contributed by atoms with Crippen LogP contribution in [-0.2, 0) is 4.79 Å². The highest BCUT2D eigenvalue weighted by atomic mass is 16.4. The summed E-state index contributed by atoms with van der Waals surface area (Å²) in [7, 11) is 0. The zero-order chi connectivity index (χ0) is 14.3. The summed E-state index contributed by atoms with van der Waals surface area (Å²) < 4.78 is 0. The number of hydrogen-bond donors (Lipinski definition) is 4. The van der Waals surface area contributed by atoms with Gasteiger partial charge in [0.1, 0.15) is 6.04 Å². The minimum atomic E-state index is -1.14. The fourth-order valence-corrected chi connectivity index (χ4v) is 1.95. The third-order valence-corrected chi connectivity index (χ3v) is 3.18. The van der Waals surface area contributed by atoms with Crippen LogP contribution in [0.2, 0.25) is 0 Å². The van der Waals surface area contributed by atoms with Gasteiger partial charge >= 0.3 is 12.0 Å². The Balaban J connectivity index is 2.20. The number of aliphatic carboxylic acids is 1. The molecule has 2 amide bonds. The molecule has 0 saturated heterocycles. The van der Waals surface area contributed by atoms with E-state index >= 15 is 0 Å². The number of hydrogen-bond acceptors (Lipinski definition) is 4. The number of nitrogens with zero attached hydrogens (tertiary/aromatic N) is 1. The van der Waals surface area contributed by atoms with E-state index in [9.17, 15) is 9.59 Å². The molecular formula is C12H23N3O4. The van der Waals surface area contributed by atoms with Crippen molar-refractivity contribution in [1.29, 1.82) is 0 Å². The van der Waals surface area contributed by atoms with Crippen LogP contribution in [0.4, 0.5) is 4.79 Å². The van der Waals surface area contributed by atoms with Crippen LogP contribution >= 0.6 is 0 Å². The van der Waals surface area contributed by atoms with E-state index in [0.29, 0.717) is 12.6 Å². The van der Waals surface area contributed by atoms with Crippen molar-refractivity contribution in [2.75, 3.05) is 26.2 Å². The number of aliphatic hydroxyl groups is 1. The number of urea groups is 1. The van der Waals surface area contributed by atoms with Crippen molar-refractivity contribution in [3.63, 3.8) is 0 Å². The Morgan fingerprint density at radius 3 is 2.58 bits per heavy atom. The van der Waals surface area contributed by atoms with Gasteiger partial charge in [-0.15, -0.1) is 0 Å². The normalized spacial score (nSPS) is 16.2. The Morgan fingerprint density at radius 2 is 2.11 bits per heavy atom. The predicted octanol–water partition coefficient (Wildman–Crippen LogP) is -0.394. The molecule has 0 aliphatic heterocycles. The third-order valence-electron chi connectivity index (χ3n) is 3.18. The van der Waals surface area contributed by atoms with Crippen LogP contribution in [-0.4, -0.2) is 65.4 Å². The fraction of sp³-hybridized carbons (Fsp3) is 0.833. The monoisotopic (exact) mass is 273 g/mol. The van der Waals surface area contributed by atoms with E-state index in [4.69, 9.17) is 10.2 Å². The molecule has 1 aliphatic rings.